The lowest BCUT2D eigenvalue weighted by Crippen LogP contribution is -2.38. The van der Waals surface area contributed by atoms with Crippen LogP contribution in [0.15, 0.2) is 0 Å². The number of hydrogen-bond acceptors (Lipinski definition) is 3. The molecule has 4 heteroatoms. The standard InChI is InChI=1S/C16H33N3O/c1-13(2)9-15(11-17)10-16(20)19(4)12-14-5-7-18(3)8-6-14/h13-15H,5-12,17H2,1-4H3/t15-/m0/s1. The predicted octanol–water partition coefficient (Wildman–Crippen LogP) is 1.80. The summed E-state index contributed by atoms with van der Waals surface area (Å²) < 4.78 is 0. The second-order valence-corrected chi connectivity index (χ2v) is 6.96. The Morgan fingerprint density at radius 2 is 1.95 bits per heavy atom. The van der Waals surface area contributed by atoms with E-state index in [0.717, 1.165) is 26.1 Å². The lowest BCUT2D eigenvalue weighted by atomic mass is 9.93. The fourth-order valence-corrected chi connectivity index (χ4v) is 3.07. The molecule has 1 rings (SSSR count). The number of carbonyl (C=O) groups is 1. The normalized spacial score (nSPS) is 19.3. The molecule has 1 fully saturated rings. The Labute approximate surface area is 124 Å². The molecule has 4 nitrogen and oxygen atoms in total. The van der Waals surface area contributed by atoms with Crippen molar-refractivity contribution in [1.29, 1.82) is 0 Å². The molecule has 2 N–H and O–H groups in total. The molecule has 20 heavy (non-hydrogen) atoms. The molecule has 1 saturated heterocycles. The van der Waals surface area contributed by atoms with E-state index in [9.17, 15) is 4.79 Å². The maximum absolute atomic E-state index is 12.3. The van der Waals surface area contributed by atoms with E-state index >= 15 is 0 Å². The Kier molecular flexibility index (Phi) is 7.52. The zero-order chi connectivity index (χ0) is 15.1. The van der Waals surface area contributed by atoms with Gasteiger partial charge in [-0.1, -0.05) is 13.8 Å². The van der Waals surface area contributed by atoms with Gasteiger partial charge in [0.25, 0.3) is 0 Å². The van der Waals surface area contributed by atoms with Gasteiger partial charge in [0, 0.05) is 20.0 Å². The molecule has 0 aromatic rings. The molecule has 0 aromatic carbocycles. The van der Waals surface area contributed by atoms with Crippen LogP contribution >= 0.6 is 0 Å². The SMILES string of the molecule is CC(C)C[C@H](CN)CC(=O)N(C)CC1CCN(C)CC1. The Morgan fingerprint density at radius 3 is 2.45 bits per heavy atom. The first kappa shape index (κ1) is 17.4. The average Bonchev–Trinajstić information content (AvgIpc) is 2.39. The summed E-state index contributed by atoms with van der Waals surface area (Å²) in [4.78, 5) is 16.6. The molecule has 1 amide bonds. The van der Waals surface area contributed by atoms with E-state index in [1.807, 2.05) is 11.9 Å². The molecule has 0 aliphatic carbocycles. The smallest absolute Gasteiger partial charge is 0.222 e. The minimum absolute atomic E-state index is 0.264. The highest BCUT2D eigenvalue weighted by Gasteiger charge is 2.22. The van der Waals surface area contributed by atoms with Gasteiger partial charge in [0.15, 0.2) is 0 Å². The summed E-state index contributed by atoms with van der Waals surface area (Å²) in [5, 5.41) is 0. The Bertz CT molecular complexity index is 285. The van der Waals surface area contributed by atoms with Crippen molar-refractivity contribution in [2.24, 2.45) is 23.5 Å². The summed E-state index contributed by atoms with van der Waals surface area (Å²) >= 11 is 0. The van der Waals surface area contributed by atoms with Crippen molar-refractivity contribution in [3.05, 3.63) is 0 Å². The molecule has 1 aliphatic rings. The van der Waals surface area contributed by atoms with Crippen molar-refractivity contribution in [3.63, 3.8) is 0 Å². The van der Waals surface area contributed by atoms with Gasteiger partial charge in [0.05, 0.1) is 0 Å². The van der Waals surface area contributed by atoms with E-state index in [-0.39, 0.29) is 5.91 Å². The lowest BCUT2D eigenvalue weighted by molar-refractivity contribution is -0.131. The monoisotopic (exact) mass is 283 g/mol. The molecule has 0 saturated carbocycles. The molecule has 0 unspecified atom stereocenters. The van der Waals surface area contributed by atoms with Crippen LogP contribution in [0.4, 0.5) is 0 Å². The lowest BCUT2D eigenvalue weighted by Gasteiger charge is -2.32. The summed E-state index contributed by atoms with van der Waals surface area (Å²) in [6.07, 6.45) is 4.07. The Balaban J connectivity index is 2.34. The van der Waals surface area contributed by atoms with E-state index in [0.29, 0.717) is 30.7 Å². The second kappa shape index (κ2) is 8.63. The summed E-state index contributed by atoms with van der Waals surface area (Å²) in [5.74, 6) is 1.87. The molecule has 1 atom stereocenters. The van der Waals surface area contributed by atoms with Gasteiger partial charge < -0.3 is 15.5 Å². The highest BCUT2D eigenvalue weighted by atomic mass is 16.2. The summed E-state index contributed by atoms with van der Waals surface area (Å²) in [7, 11) is 4.12. The first-order valence-electron chi connectivity index (χ1n) is 8.05. The van der Waals surface area contributed by atoms with E-state index in [2.05, 4.69) is 25.8 Å². The number of piperidine rings is 1. The van der Waals surface area contributed by atoms with Crippen molar-refractivity contribution >= 4 is 5.91 Å². The first-order valence-corrected chi connectivity index (χ1v) is 8.05. The summed E-state index contributed by atoms with van der Waals surface area (Å²) in [6, 6.07) is 0. The first-order chi connectivity index (χ1) is 9.42. The van der Waals surface area contributed by atoms with Crippen LogP contribution in [0, 0.1) is 17.8 Å². The van der Waals surface area contributed by atoms with Crippen LogP contribution in [0.1, 0.15) is 39.5 Å². The maximum atomic E-state index is 12.3. The van der Waals surface area contributed by atoms with E-state index in [4.69, 9.17) is 5.73 Å². The zero-order valence-corrected chi connectivity index (χ0v) is 13.8. The third-order valence-corrected chi connectivity index (χ3v) is 4.40. The van der Waals surface area contributed by atoms with Crippen LogP contribution in [0.25, 0.3) is 0 Å². The molecule has 1 heterocycles. The van der Waals surface area contributed by atoms with E-state index in [1.165, 1.54) is 12.8 Å². The van der Waals surface area contributed by atoms with Crippen molar-refractivity contribution in [3.8, 4) is 0 Å². The van der Waals surface area contributed by atoms with Crippen molar-refractivity contribution in [1.82, 2.24) is 9.80 Å². The molecular formula is C16H33N3O. The van der Waals surface area contributed by atoms with Gasteiger partial charge >= 0.3 is 0 Å². The van der Waals surface area contributed by atoms with Crippen molar-refractivity contribution in [2.45, 2.75) is 39.5 Å². The Morgan fingerprint density at radius 1 is 1.35 bits per heavy atom. The van der Waals surface area contributed by atoms with Gasteiger partial charge in [-0.25, -0.2) is 0 Å². The van der Waals surface area contributed by atoms with Gasteiger partial charge in [0.2, 0.25) is 5.91 Å². The van der Waals surface area contributed by atoms with Crippen molar-refractivity contribution in [2.75, 3.05) is 40.3 Å². The minimum atomic E-state index is 0.264. The van der Waals surface area contributed by atoms with Gasteiger partial charge in [-0.2, -0.15) is 0 Å². The average molecular weight is 283 g/mol. The van der Waals surface area contributed by atoms with Gasteiger partial charge in [0.1, 0.15) is 0 Å². The quantitative estimate of drug-likeness (QED) is 0.775. The van der Waals surface area contributed by atoms with Crippen LogP contribution in [0.3, 0.4) is 0 Å². The number of nitrogens with two attached hydrogens (primary N) is 1. The largest absolute Gasteiger partial charge is 0.345 e. The number of rotatable bonds is 7. The molecule has 0 spiro atoms. The number of likely N-dealkylation sites (tertiary alicyclic amines) is 1. The van der Waals surface area contributed by atoms with Gasteiger partial charge in [-0.05, 0) is 63.7 Å². The molecular weight excluding hydrogens is 250 g/mol. The highest BCUT2D eigenvalue weighted by Crippen LogP contribution is 2.19. The second-order valence-electron chi connectivity index (χ2n) is 6.96. The van der Waals surface area contributed by atoms with Crippen LogP contribution in [-0.4, -0.2) is 56.0 Å². The van der Waals surface area contributed by atoms with Gasteiger partial charge in [-0.15, -0.1) is 0 Å². The van der Waals surface area contributed by atoms with Crippen LogP contribution < -0.4 is 5.73 Å². The number of nitrogens with zero attached hydrogens (tertiary/aromatic N) is 2. The number of hydrogen-bond donors (Lipinski definition) is 1. The summed E-state index contributed by atoms with van der Waals surface area (Å²) in [6.45, 7) is 8.22. The molecule has 1 aliphatic heterocycles. The van der Waals surface area contributed by atoms with Gasteiger partial charge in [-0.3, -0.25) is 4.79 Å². The van der Waals surface area contributed by atoms with Crippen molar-refractivity contribution < 1.29 is 4.79 Å². The topological polar surface area (TPSA) is 49.6 Å². The predicted molar refractivity (Wildman–Crippen MR) is 84.5 cm³/mol. The fourth-order valence-electron chi connectivity index (χ4n) is 3.07. The van der Waals surface area contributed by atoms with E-state index < -0.39 is 0 Å². The number of carbonyl (C=O) groups excluding carboxylic acids is 1. The molecule has 0 radical (unpaired) electrons. The van der Waals surface area contributed by atoms with Crippen LogP contribution in [0.2, 0.25) is 0 Å². The number of amides is 1. The maximum Gasteiger partial charge on any atom is 0.222 e. The van der Waals surface area contributed by atoms with Crippen LogP contribution in [-0.2, 0) is 4.79 Å². The Hall–Kier alpha value is -0.610. The summed E-state index contributed by atoms with van der Waals surface area (Å²) in [5.41, 5.74) is 5.79. The third kappa shape index (κ3) is 6.23. The van der Waals surface area contributed by atoms with Crippen LogP contribution in [0.5, 0.6) is 0 Å². The highest BCUT2D eigenvalue weighted by molar-refractivity contribution is 5.76. The molecule has 0 aromatic heterocycles. The molecule has 0 bridgehead atoms. The molecule has 118 valence electrons. The zero-order valence-electron chi connectivity index (χ0n) is 13.8. The van der Waals surface area contributed by atoms with E-state index in [1.54, 1.807) is 0 Å². The third-order valence-electron chi connectivity index (χ3n) is 4.40. The minimum Gasteiger partial charge on any atom is -0.345 e. The fraction of sp³-hybridized carbons (Fsp3) is 0.938.